The Bertz CT molecular complexity index is 1360. The van der Waals surface area contributed by atoms with Crippen molar-refractivity contribution in [3.63, 3.8) is 0 Å². The van der Waals surface area contributed by atoms with Gasteiger partial charge in [0.25, 0.3) is 0 Å². The molecule has 8 nitrogen and oxygen atoms in total. The molecule has 4 aromatic rings. The Hall–Kier alpha value is -4.20. The van der Waals surface area contributed by atoms with E-state index >= 15 is 0 Å². The number of hydrogen-bond donors (Lipinski definition) is 2. The van der Waals surface area contributed by atoms with Gasteiger partial charge in [0, 0.05) is 11.2 Å². The molecule has 186 valence electrons. The summed E-state index contributed by atoms with van der Waals surface area (Å²) in [5.41, 5.74) is 3.13. The van der Waals surface area contributed by atoms with Crippen LogP contribution in [0.2, 0.25) is 0 Å². The molecule has 1 unspecified atom stereocenters. The van der Waals surface area contributed by atoms with Crippen LogP contribution in [0.4, 0.5) is 5.69 Å². The number of phenolic OH excluding ortho intramolecular Hbond substituents is 1. The first-order valence-corrected chi connectivity index (χ1v) is 12.0. The van der Waals surface area contributed by atoms with Crippen LogP contribution in [0.25, 0.3) is 11.0 Å². The van der Waals surface area contributed by atoms with Gasteiger partial charge in [0.15, 0.2) is 0 Å². The van der Waals surface area contributed by atoms with Crippen LogP contribution in [0.3, 0.4) is 0 Å². The molecule has 0 aliphatic carbocycles. The molecule has 2 amide bonds. The van der Waals surface area contributed by atoms with Crippen LogP contribution in [0.15, 0.2) is 72.8 Å². The third kappa shape index (κ3) is 5.38. The highest BCUT2D eigenvalue weighted by Gasteiger charge is 2.35. The van der Waals surface area contributed by atoms with Crippen LogP contribution in [0.1, 0.15) is 44.4 Å². The lowest BCUT2D eigenvalue weighted by Crippen LogP contribution is -2.51. The van der Waals surface area contributed by atoms with E-state index in [1.54, 1.807) is 16.8 Å². The van der Waals surface area contributed by atoms with Crippen LogP contribution >= 0.6 is 0 Å². The van der Waals surface area contributed by atoms with Crippen molar-refractivity contribution in [3.8, 4) is 5.75 Å². The largest absolute Gasteiger partial charge is 0.508 e. The first-order chi connectivity index (χ1) is 17.2. The number of para-hydroxylation sites is 1. The number of anilines is 1. The molecule has 0 radical (unpaired) electrons. The zero-order valence-electron chi connectivity index (χ0n) is 21.0. The fourth-order valence-corrected chi connectivity index (χ4v) is 3.95. The Morgan fingerprint density at radius 3 is 2.36 bits per heavy atom. The van der Waals surface area contributed by atoms with Gasteiger partial charge in [-0.15, -0.1) is 5.10 Å². The summed E-state index contributed by atoms with van der Waals surface area (Å²) in [7, 11) is 0. The molecule has 0 aliphatic rings. The summed E-state index contributed by atoms with van der Waals surface area (Å²) in [5, 5.41) is 21.3. The number of phenols is 1. The number of rotatable bonds is 8. The Morgan fingerprint density at radius 2 is 1.69 bits per heavy atom. The summed E-state index contributed by atoms with van der Waals surface area (Å²) in [6, 6.07) is 20.3. The summed E-state index contributed by atoms with van der Waals surface area (Å²) < 4.78 is 1.54. The summed E-state index contributed by atoms with van der Waals surface area (Å²) in [6.45, 7) is 7.74. The molecule has 3 aromatic carbocycles. The van der Waals surface area contributed by atoms with Gasteiger partial charge in [0.05, 0.1) is 5.52 Å². The van der Waals surface area contributed by atoms with Crippen molar-refractivity contribution in [2.24, 2.45) is 0 Å². The van der Waals surface area contributed by atoms with Gasteiger partial charge in [0.1, 0.15) is 23.9 Å². The minimum atomic E-state index is -0.971. The number of nitrogens with one attached hydrogen (secondary N) is 1. The standard InChI is InChI=1S/C28H31N5O3/c1-5-28(3,4)29-27(36)26(20-12-16-22(34)17-13-20)33(21-14-10-19(2)11-15-21)25(35)18-32-24-9-7-6-8-23(24)30-31-32/h6-17,26,34H,5,18H2,1-4H3,(H,29,36). The number of fused-ring (bicyclic) bond motifs is 1. The van der Waals surface area contributed by atoms with Crippen molar-refractivity contribution < 1.29 is 14.7 Å². The van der Waals surface area contributed by atoms with Gasteiger partial charge < -0.3 is 10.4 Å². The number of benzene rings is 3. The third-order valence-corrected chi connectivity index (χ3v) is 6.35. The molecule has 0 saturated heterocycles. The monoisotopic (exact) mass is 485 g/mol. The maximum absolute atomic E-state index is 14.0. The van der Waals surface area contributed by atoms with E-state index in [1.807, 2.05) is 76.2 Å². The van der Waals surface area contributed by atoms with E-state index in [0.29, 0.717) is 23.2 Å². The normalized spacial score (nSPS) is 12.3. The second-order valence-electron chi connectivity index (χ2n) is 9.56. The molecule has 36 heavy (non-hydrogen) atoms. The van der Waals surface area contributed by atoms with Gasteiger partial charge in [-0.1, -0.05) is 54.1 Å². The molecule has 1 atom stereocenters. The highest BCUT2D eigenvalue weighted by Crippen LogP contribution is 2.31. The molecule has 0 saturated carbocycles. The maximum atomic E-state index is 14.0. The van der Waals surface area contributed by atoms with Gasteiger partial charge >= 0.3 is 0 Å². The maximum Gasteiger partial charge on any atom is 0.249 e. The van der Waals surface area contributed by atoms with E-state index in [4.69, 9.17) is 0 Å². The second kappa shape index (κ2) is 10.2. The Kier molecular flexibility index (Phi) is 7.05. The fourth-order valence-electron chi connectivity index (χ4n) is 3.95. The third-order valence-electron chi connectivity index (χ3n) is 6.35. The van der Waals surface area contributed by atoms with Gasteiger partial charge in [-0.3, -0.25) is 14.5 Å². The van der Waals surface area contributed by atoms with Crippen molar-refractivity contribution in [1.82, 2.24) is 20.3 Å². The zero-order valence-corrected chi connectivity index (χ0v) is 21.0. The highest BCUT2D eigenvalue weighted by molar-refractivity contribution is 6.01. The predicted molar refractivity (Wildman–Crippen MR) is 140 cm³/mol. The summed E-state index contributed by atoms with van der Waals surface area (Å²) in [6.07, 6.45) is 0.713. The van der Waals surface area contributed by atoms with Crippen molar-refractivity contribution in [2.45, 2.75) is 52.2 Å². The summed E-state index contributed by atoms with van der Waals surface area (Å²) >= 11 is 0. The number of aromatic nitrogens is 3. The lowest BCUT2D eigenvalue weighted by atomic mass is 9.98. The highest BCUT2D eigenvalue weighted by atomic mass is 16.3. The SMILES string of the molecule is CCC(C)(C)NC(=O)C(c1ccc(O)cc1)N(C(=O)Cn1nnc2ccccc21)c1ccc(C)cc1. The van der Waals surface area contributed by atoms with E-state index in [2.05, 4.69) is 15.6 Å². The van der Waals surface area contributed by atoms with Crippen LogP contribution < -0.4 is 10.2 Å². The lowest BCUT2D eigenvalue weighted by Gasteiger charge is -2.34. The minimum Gasteiger partial charge on any atom is -0.508 e. The summed E-state index contributed by atoms with van der Waals surface area (Å²) in [4.78, 5) is 29.3. The molecule has 8 heteroatoms. The minimum absolute atomic E-state index is 0.0779. The molecule has 1 aromatic heterocycles. The smallest absolute Gasteiger partial charge is 0.249 e. The van der Waals surface area contributed by atoms with Crippen molar-refractivity contribution >= 4 is 28.5 Å². The number of aryl methyl sites for hydroxylation is 1. The number of aromatic hydroxyl groups is 1. The second-order valence-corrected chi connectivity index (χ2v) is 9.56. The first kappa shape index (κ1) is 24.9. The topological polar surface area (TPSA) is 100 Å². The Morgan fingerprint density at radius 1 is 1.03 bits per heavy atom. The van der Waals surface area contributed by atoms with Crippen LogP contribution in [0, 0.1) is 6.92 Å². The fraction of sp³-hybridized carbons (Fsp3) is 0.286. The van der Waals surface area contributed by atoms with E-state index in [9.17, 15) is 14.7 Å². The number of amides is 2. The van der Waals surface area contributed by atoms with E-state index in [-0.39, 0.29) is 24.1 Å². The van der Waals surface area contributed by atoms with Crippen LogP contribution in [-0.2, 0) is 16.1 Å². The van der Waals surface area contributed by atoms with Crippen LogP contribution in [0.5, 0.6) is 5.75 Å². The number of hydrogen-bond acceptors (Lipinski definition) is 5. The van der Waals surface area contributed by atoms with E-state index in [0.717, 1.165) is 11.1 Å². The Labute approximate surface area is 210 Å². The summed E-state index contributed by atoms with van der Waals surface area (Å²) in [5.74, 6) is -0.559. The van der Waals surface area contributed by atoms with Gasteiger partial charge in [0.2, 0.25) is 11.8 Å². The molecule has 0 aliphatic heterocycles. The van der Waals surface area contributed by atoms with Crippen molar-refractivity contribution in [3.05, 3.63) is 83.9 Å². The quantitative estimate of drug-likeness (QED) is 0.382. The molecular weight excluding hydrogens is 454 g/mol. The lowest BCUT2D eigenvalue weighted by molar-refractivity contribution is -0.128. The van der Waals surface area contributed by atoms with Crippen molar-refractivity contribution in [1.29, 1.82) is 0 Å². The average Bonchev–Trinajstić information content (AvgIpc) is 3.26. The molecule has 2 N–H and O–H groups in total. The van der Waals surface area contributed by atoms with Gasteiger partial charge in [-0.2, -0.15) is 0 Å². The van der Waals surface area contributed by atoms with Gasteiger partial charge in [-0.25, -0.2) is 4.68 Å². The number of carbonyl (C=O) groups excluding carboxylic acids is 2. The Balaban J connectivity index is 1.81. The first-order valence-electron chi connectivity index (χ1n) is 12.0. The molecule has 0 bridgehead atoms. The molecular formula is C28H31N5O3. The number of carbonyl (C=O) groups is 2. The molecule has 0 spiro atoms. The van der Waals surface area contributed by atoms with Gasteiger partial charge in [-0.05, 0) is 69.2 Å². The zero-order chi connectivity index (χ0) is 25.9. The van der Waals surface area contributed by atoms with E-state index in [1.165, 1.54) is 17.0 Å². The molecule has 0 fully saturated rings. The molecule has 1 heterocycles. The average molecular weight is 486 g/mol. The number of nitrogens with zero attached hydrogens (tertiary/aromatic N) is 4. The van der Waals surface area contributed by atoms with E-state index < -0.39 is 11.6 Å². The van der Waals surface area contributed by atoms with Crippen LogP contribution in [-0.4, -0.2) is 37.5 Å². The molecule has 4 rings (SSSR count). The van der Waals surface area contributed by atoms with Crippen molar-refractivity contribution in [2.75, 3.05) is 4.90 Å². The predicted octanol–water partition coefficient (Wildman–Crippen LogP) is 4.52.